The number of hydrogen-bond donors (Lipinski definition) is 0. The summed E-state index contributed by atoms with van der Waals surface area (Å²) in [6.07, 6.45) is 4.27. The summed E-state index contributed by atoms with van der Waals surface area (Å²) < 4.78 is 30.1. The largest absolute Gasteiger partial charge is 0.378 e. The zero-order valence-electron chi connectivity index (χ0n) is 15.0. The molecular formula is C18H21N3O5S. The van der Waals surface area contributed by atoms with Gasteiger partial charge >= 0.3 is 0 Å². The molecule has 0 radical (unpaired) electrons. The summed E-state index contributed by atoms with van der Waals surface area (Å²) in [6.45, 7) is 2.16. The summed E-state index contributed by atoms with van der Waals surface area (Å²) in [7, 11) is -3.32. The van der Waals surface area contributed by atoms with Gasteiger partial charge in [0.25, 0.3) is 5.56 Å². The van der Waals surface area contributed by atoms with Crippen LogP contribution in [-0.4, -0.2) is 56.8 Å². The highest BCUT2D eigenvalue weighted by Gasteiger charge is 2.19. The monoisotopic (exact) mass is 391 g/mol. The van der Waals surface area contributed by atoms with Crippen LogP contribution in [0, 0.1) is 0 Å². The molecule has 0 unspecified atom stereocenters. The lowest BCUT2D eigenvalue weighted by molar-refractivity contribution is -0.107. The van der Waals surface area contributed by atoms with Crippen molar-refractivity contribution in [1.29, 1.82) is 0 Å². The summed E-state index contributed by atoms with van der Waals surface area (Å²) in [5.41, 5.74) is 0.867. The van der Waals surface area contributed by atoms with Crippen molar-refractivity contribution < 1.29 is 17.9 Å². The van der Waals surface area contributed by atoms with Crippen molar-refractivity contribution in [3.8, 4) is 5.69 Å². The maximum atomic E-state index is 13.0. The number of hydrogen-bond acceptors (Lipinski definition) is 7. The Bertz CT molecular complexity index is 977. The Morgan fingerprint density at radius 2 is 1.85 bits per heavy atom. The molecule has 1 aromatic heterocycles. The first kappa shape index (κ1) is 19.2. The highest BCUT2D eigenvalue weighted by atomic mass is 32.2. The predicted octanol–water partition coefficient (Wildman–Crippen LogP) is 0.604. The van der Waals surface area contributed by atoms with Crippen LogP contribution in [0.15, 0.2) is 40.2 Å². The molecule has 2 heterocycles. The van der Waals surface area contributed by atoms with Crippen LogP contribution in [0.3, 0.4) is 0 Å². The first-order chi connectivity index (χ1) is 12.9. The standard InChI is InChI=1S/C18H21N3O5S/c1-27(24,25)16-6-4-15(5-7-16)21-13-14(3-2-10-22)19-17(18(21)23)20-8-11-26-12-9-20/h4-7,10,13H,2-3,8-9,11-12H2,1H3. The SMILES string of the molecule is CS(=O)(=O)c1ccc(-n2cc(CCC=O)nc(N3CCOCC3)c2=O)cc1. The summed E-state index contributed by atoms with van der Waals surface area (Å²) in [5, 5.41) is 0. The first-order valence-corrected chi connectivity index (χ1v) is 10.5. The number of anilines is 1. The van der Waals surface area contributed by atoms with Crippen molar-refractivity contribution in [3.05, 3.63) is 46.5 Å². The van der Waals surface area contributed by atoms with Crippen molar-refractivity contribution in [3.63, 3.8) is 0 Å². The number of benzene rings is 1. The third-order valence-electron chi connectivity index (χ3n) is 4.31. The van der Waals surface area contributed by atoms with E-state index in [1.165, 1.54) is 16.7 Å². The lowest BCUT2D eigenvalue weighted by Crippen LogP contribution is -2.41. The van der Waals surface area contributed by atoms with Gasteiger partial charge in [0.2, 0.25) is 0 Å². The molecule has 9 heteroatoms. The summed E-state index contributed by atoms with van der Waals surface area (Å²) in [6, 6.07) is 6.11. The summed E-state index contributed by atoms with van der Waals surface area (Å²) in [4.78, 5) is 30.3. The highest BCUT2D eigenvalue weighted by molar-refractivity contribution is 7.90. The van der Waals surface area contributed by atoms with Crippen molar-refractivity contribution >= 4 is 21.9 Å². The van der Waals surface area contributed by atoms with Crippen LogP contribution >= 0.6 is 0 Å². The van der Waals surface area contributed by atoms with E-state index < -0.39 is 9.84 Å². The average Bonchev–Trinajstić information content (AvgIpc) is 2.67. The lowest BCUT2D eigenvalue weighted by atomic mass is 10.2. The second-order valence-corrected chi connectivity index (χ2v) is 8.32. The molecule has 1 aromatic carbocycles. The molecule has 1 aliphatic rings. The van der Waals surface area contributed by atoms with Gasteiger partial charge in [0.15, 0.2) is 15.7 Å². The van der Waals surface area contributed by atoms with E-state index >= 15 is 0 Å². The number of nitrogens with zero attached hydrogens (tertiary/aromatic N) is 3. The molecular weight excluding hydrogens is 370 g/mol. The molecule has 0 amide bonds. The molecule has 0 aliphatic carbocycles. The van der Waals surface area contributed by atoms with E-state index in [-0.39, 0.29) is 10.5 Å². The Kier molecular flexibility index (Phi) is 5.71. The van der Waals surface area contributed by atoms with E-state index in [1.807, 2.05) is 4.90 Å². The van der Waals surface area contributed by atoms with Crippen molar-refractivity contribution in [2.45, 2.75) is 17.7 Å². The zero-order valence-corrected chi connectivity index (χ0v) is 15.8. The van der Waals surface area contributed by atoms with Crippen LogP contribution in [-0.2, 0) is 25.8 Å². The van der Waals surface area contributed by atoms with Crippen molar-refractivity contribution in [1.82, 2.24) is 9.55 Å². The van der Waals surface area contributed by atoms with Crippen LogP contribution in [0.2, 0.25) is 0 Å². The van der Waals surface area contributed by atoms with Crippen LogP contribution < -0.4 is 10.5 Å². The molecule has 2 aromatic rings. The quantitative estimate of drug-likeness (QED) is 0.665. The van der Waals surface area contributed by atoms with Gasteiger partial charge in [-0.05, 0) is 30.7 Å². The maximum Gasteiger partial charge on any atom is 0.298 e. The Morgan fingerprint density at radius 1 is 1.19 bits per heavy atom. The van der Waals surface area contributed by atoms with Crippen LogP contribution in [0.5, 0.6) is 0 Å². The minimum Gasteiger partial charge on any atom is -0.378 e. The Balaban J connectivity index is 2.07. The number of rotatable bonds is 6. The third-order valence-corrected chi connectivity index (χ3v) is 5.44. The van der Waals surface area contributed by atoms with Gasteiger partial charge in [0.1, 0.15) is 6.29 Å². The fourth-order valence-corrected chi connectivity index (χ4v) is 3.51. The highest BCUT2D eigenvalue weighted by Crippen LogP contribution is 2.16. The molecule has 144 valence electrons. The number of carbonyl (C=O) groups excluding carboxylic acids is 1. The molecule has 0 bridgehead atoms. The molecule has 0 atom stereocenters. The minimum atomic E-state index is -3.32. The Morgan fingerprint density at radius 3 is 2.44 bits per heavy atom. The van der Waals surface area contributed by atoms with Gasteiger partial charge in [0, 0.05) is 37.7 Å². The third kappa shape index (κ3) is 4.42. The van der Waals surface area contributed by atoms with Gasteiger partial charge in [0.05, 0.1) is 23.8 Å². The van der Waals surface area contributed by atoms with E-state index in [9.17, 15) is 18.0 Å². The van der Waals surface area contributed by atoms with Gasteiger partial charge in [-0.3, -0.25) is 9.36 Å². The van der Waals surface area contributed by atoms with Gasteiger partial charge in [-0.25, -0.2) is 13.4 Å². The molecule has 27 heavy (non-hydrogen) atoms. The van der Waals surface area contributed by atoms with E-state index in [4.69, 9.17) is 4.74 Å². The minimum absolute atomic E-state index is 0.183. The topological polar surface area (TPSA) is 98.6 Å². The first-order valence-electron chi connectivity index (χ1n) is 8.59. The molecule has 1 fully saturated rings. The van der Waals surface area contributed by atoms with Crippen LogP contribution in [0.25, 0.3) is 5.69 Å². The Labute approximate surface area is 157 Å². The van der Waals surface area contributed by atoms with Crippen LogP contribution in [0.4, 0.5) is 5.82 Å². The van der Waals surface area contributed by atoms with E-state index in [0.717, 1.165) is 12.5 Å². The summed E-state index contributed by atoms with van der Waals surface area (Å²) in [5.74, 6) is 0.314. The second kappa shape index (κ2) is 8.01. The fraction of sp³-hybridized carbons (Fsp3) is 0.389. The van der Waals surface area contributed by atoms with E-state index in [0.29, 0.717) is 56.3 Å². The second-order valence-electron chi connectivity index (χ2n) is 6.30. The smallest absolute Gasteiger partial charge is 0.298 e. The number of carbonyl (C=O) groups is 1. The molecule has 8 nitrogen and oxygen atoms in total. The number of morpholine rings is 1. The maximum absolute atomic E-state index is 13.0. The van der Waals surface area contributed by atoms with Crippen molar-refractivity contribution in [2.24, 2.45) is 0 Å². The summed E-state index contributed by atoms with van der Waals surface area (Å²) >= 11 is 0. The van der Waals surface area contributed by atoms with Gasteiger partial charge in [-0.15, -0.1) is 0 Å². The zero-order chi connectivity index (χ0) is 19.4. The molecule has 1 aliphatic heterocycles. The lowest BCUT2D eigenvalue weighted by Gasteiger charge is -2.28. The van der Waals surface area contributed by atoms with Gasteiger partial charge < -0.3 is 14.4 Å². The normalized spacial score (nSPS) is 14.9. The average molecular weight is 391 g/mol. The Hall–Kier alpha value is -2.52. The van der Waals surface area contributed by atoms with Crippen molar-refractivity contribution in [2.75, 3.05) is 37.5 Å². The number of aryl methyl sites for hydroxylation is 1. The molecule has 3 rings (SSSR count). The van der Waals surface area contributed by atoms with Gasteiger partial charge in [-0.2, -0.15) is 0 Å². The number of ether oxygens (including phenoxy) is 1. The van der Waals surface area contributed by atoms with E-state index in [1.54, 1.807) is 18.3 Å². The molecule has 0 saturated carbocycles. The number of aldehydes is 1. The van der Waals surface area contributed by atoms with E-state index in [2.05, 4.69) is 4.98 Å². The molecule has 0 spiro atoms. The number of sulfone groups is 1. The molecule has 0 N–H and O–H groups in total. The fourth-order valence-electron chi connectivity index (χ4n) is 2.88. The van der Waals surface area contributed by atoms with Crippen LogP contribution in [0.1, 0.15) is 12.1 Å². The predicted molar refractivity (Wildman–Crippen MR) is 100 cm³/mol. The molecule has 1 saturated heterocycles. The van der Waals surface area contributed by atoms with Gasteiger partial charge in [-0.1, -0.05) is 0 Å². The number of aromatic nitrogens is 2.